The van der Waals surface area contributed by atoms with E-state index in [1.165, 1.54) is 5.56 Å². The molecule has 7 nitrogen and oxygen atoms in total. The predicted molar refractivity (Wildman–Crippen MR) is 104 cm³/mol. The minimum atomic E-state index is -0.129. The summed E-state index contributed by atoms with van der Waals surface area (Å²) in [4.78, 5) is 23.4. The summed E-state index contributed by atoms with van der Waals surface area (Å²) in [6.45, 7) is 8.74. The lowest BCUT2D eigenvalue weighted by molar-refractivity contribution is -0.117. The molecule has 0 spiro atoms. The second-order valence-corrected chi connectivity index (χ2v) is 7.49. The van der Waals surface area contributed by atoms with Crippen molar-refractivity contribution in [1.29, 1.82) is 0 Å². The summed E-state index contributed by atoms with van der Waals surface area (Å²) in [6.07, 6.45) is 3.63. The van der Waals surface area contributed by atoms with Crippen LogP contribution >= 0.6 is 0 Å². The Morgan fingerprint density at radius 1 is 1.18 bits per heavy atom. The van der Waals surface area contributed by atoms with E-state index in [1.54, 1.807) is 6.26 Å². The molecular formula is C21H24N4O3. The number of nitrogens with zero attached hydrogens (tertiary/aromatic N) is 4. The summed E-state index contributed by atoms with van der Waals surface area (Å²) in [5.74, 6) is 1.47. The third-order valence-corrected chi connectivity index (χ3v) is 5.07. The Kier molecular flexibility index (Phi) is 4.75. The third kappa shape index (κ3) is 3.32. The minimum absolute atomic E-state index is 0.0754. The van der Waals surface area contributed by atoms with Crippen molar-refractivity contribution in [3.63, 3.8) is 0 Å². The van der Waals surface area contributed by atoms with E-state index in [0.717, 1.165) is 29.7 Å². The Balaban J connectivity index is 1.56. The molecule has 1 aliphatic heterocycles. The van der Waals surface area contributed by atoms with Crippen LogP contribution in [-0.4, -0.2) is 27.6 Å². The average Bonchev–Trinajstić information content (AvgIpc) is 3.34. The Bertz CT molecular complexity index is 997. The Morgan fingerprint density at radius 2 is 1.93 bits per heavy atom. The number of aryl methyl sites for hydroxylation is 4. The first-order valence-corrected chi connectivity index (χ1v) is 9.62. The van der Waals surface area contributed by atoms with E-state index in [1.807, 2.05) is 18.7 Å². The minimum Gasteiger partial charge on any atom is -0.448 e. The van der Waals surface area contributed by atoms with Crippen LogP contribution in [0.1, 0.15) is 54.2 Å². The summed E-state index contributed by atoms with van der Waals surface area (Å²) in [5, 5.41) is 4.04. The van der Waals surface area contributed by atoms with Crippen LogP contribution in [0.25, 0.3) is 11.5 Å². The molecule has 1 saturated heterocycles. The first-order chi connectivity index (χ1) is 13.5. The van der Waals surface area contributed by atoms with E-state index in [-0.39, 0.29) is 11.8 Å². The molecule has 3 aromatic rings. The number of hydrogen-bond acceptors (Lipinski definition) is 6. The van der Waals surface area contributed by atoms with Gasteiger partial charge in [0.15, 0.2) is 5.89 Å². The van der Waals surface area contributed by atoms with Crippen LogP contribution in [0.2, 0.25) is 0 Å². The van der Waals surface area contributed by atoms with Gasteiger partial charge in [0.25, 0.3) is 0 Å². The molecule has 28 heavy (non-hydrogen) atoms. The fourth-order valence-electron chi connectivity index (χ4n) is 3.93. The normalized spacial score (nSPS) is 16.9. The van der Waals surface area contributed by atoms with Crippen LogP contribution in [0.3, 0.4) is 0 Å². The van der Waals surface area contributed by atoms with E-state index in [4.69, 9.17) is 8.94 Å². The standard InChI is InChI=1S/C21H24N4O3/c1-5-6-17-22-16(11-27-17)20-23-21(28-24-20)15-9-18(26)25(10-15)19-13(3)7-12(2)8-14(19)4/h7-8,11,15H,5-6,9-10H2,1-4H3. The number of amides is 1. The number of carbonyl (C=O) groups excluding carboxylic acids is 1. The summed E-state index contributed by atoms with van der Waals surface area (Å²) in [7, 11) is 0. The predicted octanol–water partition coefficient (Wildman–Crippen LogP) is 4.12. The van der Waals surface area contributed by atoms with Crippen molar-refractivity contribution in [3.05, 3.63) is 46.9 Å². The lowest BCUT2D eigenvalue weighted by Crippen LogP contribution is -2.26. The Morgan fingerprint density at radius 3 is 2.64 bits per heavy atom. The second-order valence-electron chi connectivity index (χ2n) is 7.49. The molecule has 0 radical (unpaired) electrons. The molecular weight excluding hydrogens is 356 g/mol. The molecule has 1 atom stereocenters. The number of carbonyl (C=O) groups is 1. The van der Waals surface area contributed by atoms with Gasteiger partial charge in [-0.05, 0) is 38.3 Å². The maximum Gasteiger partial charge on any atom is 0.232 e. The van der Waals surface area contributed by atoms with Crippen molar-refractivity contribution in [2.45, 2.75) is 52.9 Å². The molecule has 2 aromatic heterocycles. The Labute approximate surface area is 163 Å². The highest BCUT2D eigenvalue weighted by atomic mass is 16.5. The van der Waals surface area contributed by atoms with Gasteiger partial charge in [0.2, 0.25) is 17.6 Å². The van der Waals surface area contributed by atoms with Crippen LogP contribution in [-0.2, 0) is 11.2 Å². The molecule has 7 heteroatoms. The van der Waals surface area contributed by atoms with E-state index in [2.05, 4.69) is 41.1 Å². The van der Waals surface area contributed by atoms with Gasteiger partial charge in [-0.15, -0.1) is 0 Å². The topological polar surface area (TPSA) is 85.3 Å². The highest BCUT2D eigenvalue weighted by Gasteiger charge is 2.36. The number of anilines is 1. The molecule has 3 heterocycles. The molecule has 1 aromatic carbocycles. The lowest BCUT2D eigenvalue weighted by Gasteiger charge is -2.21. The van der Waals surface area contributed by atoms with Crippen molar-refractivity contribution in [1.82, 2.24) is 15.1 Å². The summed E-state index contributed by atoms with van der Waals surface area (Å²) >= 11 is 0. The average molecular weight is 380 g/mol. The highest BCUT2D eigenvalue weighted by Crippen LogP contribution is 2.35. The van der Waals surface area contributed by atoms with Crippen molar-refractivity contribution < 1.29 is 13.7 Å². The zero-order chi connectivity index (χ0) is 19.8. The van der Waals surface area contributed by atoms with E-state index in [9.17, 15) is 4.79 Å². The summed E-state index contributed by atoms with van der Waals surface area (Å²) < 4.78 is 10.9. The monoisotopic (exact) mass is 380 g/mol. The fraction of sp³-hybridized carbons (Fsp3) is 0.429. The molecule has 0 saturated carbocycles. The first-order valence-electron chi connectivity index (χ1n) is 9.62. The number of benzene rings is 1. The maximum absolute atomic E-state index is 12.7. The van der Waals surface area contributed by atoms with Gasteiger partial charge in [-0.1, -0.05) is 29.8 Å². The van der Waals surface area contributed by atoms with Crippen molar-refractivity contribution in [3.8, 4) is 11.5 Å². The van der Waals surface area contributed by atoms with Crippen LogP contribution in [0.15, 0.2) is 27.3 Å². The molecule has 0 bridgehead atoms. The fourth-order valence-corrected chi connectivity index (χ4v) is 3.93. The van der Waals surface area contributed by atoms with Gasteiger partial charge in [-0.25, -0.2) is 4.98 Å². The molecule has 1 amide bonds. The number of rotatable bonds is 5. The molecule has 0 N–H and O–H groups in total. The zero-order valence-corrected chi connectivity index (χ0v) is 16.7. The van der Waals surface area contributed by atoms with E-state index >= 15 is 0 Å². The van der Waals surface area contributed by atoms with E-state index < -0.39 is 0 Å². The zero-order valence-electron chi connectivity index (χ0n) is 16.7. The van der Waals surface area contributed by atoms with Crippen molar-refractivity contribution in [2.75, 3.05) is 11.4 Å². The second kappa shape index (κ2) is 7.22. The van der Waals surface area contributed by atoms with Gasteiger partial charge in [-0.3, -0.25) is 4.79 Å². The number of oxazole rings is 1. The number of aromatic nitrogens is 3. The molecule has 4 rings (SSSR count). The van der Waals surface area contributed by atoms with Crippen LogP contribution in [0.5, 0.6) is 0 Å². The summed E-state index contributed by atoms with van der Waals surface area (Å²) in [6, 6.07) is 4.21. The quantitative estimate of drug-likeness (QED) is 0.662. The van der Waals surface area contributed by atoms with Gasteiger partial charge < -0.3 is 13.8 Å². The van der Waals surface area contributed by atoms with Crippen LogP contribution in [0, 0.1) is 20.8 Å². The van der Waals surface area contributed by atoms with Crippen LogP contribution in [0.4, 0.5) is 5.69 Å². The third-order valence-electron chi connectivity index (χ3n) is 5.07. The van der Waals surface area contributed by atoms with Gasteiger partial charge in [0.1, 0.15) is 12.0 Å². The number of hydrogen-bond donors (Lipinski definition) is 0. The lowest BCUT2D eigenvalue weighted by atomic mass is 10.0. The molecule has 1 unspecified atom stereocenters. The van der Waals surface area contributed by atoms with Gasteiger partial charge >= 0.3 is 0 Å². The van der Waals surface area contributed by atoms with Crippen molar-refractivity contribution >= 4 is 11.6 Å². The molecule has 1 aliphatic rings. The maximum atomic E-state index is 12.7. The summed E-state index contributed by atoms with van der Waals surface area (Å²) in [5.41, 5.74) is 4.94. The Hall–Kier alpha value is -2.96. The smallest absolute Gasteiger partial charge is 0.232 e. The van der Waals surface area contributed by atoms with Crippen molar-refractivity contribution in [2.24, 2.45) is 0 Å². The SMILES string of the molecule is CCCc1nc(-c2noc(C3CC(=O)N(c4c(C)cc(C)cc4C)C3)n2)co1. The van der Waals surface area contributed by atoms with Gasteiger partial charge in [-0.2, -0.15) is 4.98 Å². The first kappa shape index (κ1) is 18.4. The van der Waals surface area contributed by atoms with Gasteiger partial charge in [0, 0.05) is 25.1 Å². The largest absolute Gasteiger partial charge is 0.448 e. The molecule has 1 fully saturated rings. The highest BCUT2D eigenvalue weighted by molar-refractivity contribution is 5.97. The van der Waals surface area contributed by atoms with Gasteiger partial charge in [0.05, 0.1) is 5.92 Å². The molecule has 0 aliphatic carbocycles. The van der Waals surface area contributed by atoms with Crippen LogP contribution < -0.4 is 4.90 Å². The van der Waals surface area contributed by atoms with E-state index in [0.29, 0.717) is 36.3 Å². The molecule has 146 valence electrons.